The molecule has 140 valence electrons. The lowest BCUT2D eigenvalue weighted by Crippen LogP contribution is -2.40. The van der Waals surface area contributed by atoms with Crippen LogP contribution < -0.4 is 4.74 Å². The van der Waals surface area contributed by atoms with E-state index in [1.54, 1.807) is 12.1 Å². The fraction of sp³-hybridized carbons (Fsp3) is 0.412. The van der Waals surface area contributed by atoms with Crippen LogP contribution in [0, 0.1) is 11.3 Å². The molecule has 1 aliphatic rings. The highest BCUT2D eigenvalue weighted by Gasteiger charge is 2.29. The first-order valence-electron chi connectivity index (χ1n) is 7.92. The van der Waals surface area contributed by atoms with Crippen LogP contribution in [0.15, 0.2) is 29.2 Å². The molecular weight excluding hydrogens is 360 g/mol. The lowest BCUT2D eigenvalue weighted by atomic mass is 10.2. The van der Waals surface area contributed by atoms with Crippen molar-refractivity contribution in [3.8, 4) is 11.8 Å². The van der Waals surface area contributed by atoms with Gasteiger partial charge >= 0.3 is 5.97 Å². The van der Waals surface area contributed by atoms with Gasteiger partial charge in [-0.25, -0.2) is 13.2 Å². The Kier molecular flexibility index (Phi) is 6.74. The van der Waals surface area contributed by atoms with Crippen molar-refractivity contribution >= 4 is 22.1 Å². The number of hydrogen-bond donors (Lipinski definition) is 0. The van der Waals surface area contributed by atoms with E-state index < -0.39 is 22.1 Å². The maximum absolute atomic E-state index is 12.9. The molecule has 1 fully saturated rings. The summed E-state index contributed by atoms with van der Waals surface area (Å²) in [6.07, 6.45) is 1.70. The Morgan fingerprint density at radius 2 is 2.08 bits per heavy atom. The van der Waals surface area contributed by atoms with Gasteiger partial charge in [0, 0.05) is 19.2 Å². The number of nitriles is 1. The summed E-state index contributed by atoms with van der Waals surface area (Å²) in [5.41, 5.74) is 0.485. The summed E-state index contributed by atoms with van der Waals surface area (Å²) in [6.45, 7) is 2.66. The van der Waals surface area contributed by atoms with Crippen LogP contribution >= 0.6 is 0 Å². The van der Waals surface area contributed by atoms with Crippen LogP contribution in [0.4, 0.5) is 0 Å². The van der Waals surface area contributed by atoms with E-state index in [1.165, 1.54) is 36.5 Å². The van der Waals surface area contributed by atoms with Gasteiger partial charge in [-0.3, -0.25) is 0 Å². The van der Waals surface area contributed by atoms with Gasteiger partial charge in [0.15, 0.2) is 6.10 Å². The first-order chi connectivity index (χ1) is 12.4. The molecule has 0 aromatic heterocycles. The van der Waals surface area contributed by atoms with E-state index in [1.807, 2.05) is 0 Å². The highest BCUT2D eigenvalue weighted by atomic mass is 32.2. The van der Waals surface area contributed by atoms with Crippen LogP contribution in [0.1, 0.15) is 12.5 Å². The summed E-state index contributed by atoms with van der Waals surface area (Å²) >= 11 is 0. The second-order valence-corrected chi connectivity index (χ2v) is 7.37. The van der Waals surface area contributed by atoms with E-state index in [0.717, 1.165) is 6.08 Å². The molecule has 1 aromatic carbocycles. The van der Waals surface area contributed by atoms with Crippen molar-refractivity contribution in [3.63, 3.8) is 0 Å². The number of methoxy groups -OCH3 is 1. The summed E-state index contributed by atoms with van der Waals surface area (Å²) in [4.78, 5) is 11.6. The topological polar surface area (TPSA) is 106 Å². The summed E-state index contributed by atoms with van der Waals surface area (Å²) < 4.78 is 42.3. The average molecular weight is 380 g/mol. The molecule has 9 heteroatoms. The van der Waals surface area contributed by atoms with Crippen LogP contribution in [0.3, 0.4) is 0 Å². The molecule has 0 N–H and O–H groups in total. The van der Waals surface area contributed by atoms with Gasteiger partial charge in [-0.1, -0.05) is 6.07 Å². The SMILES string of the molecule is COc1ccc(/C=C/C(=O)OC(C)C#N)cc1S(=O)(=O)N1CCOCC1. The summed E-state index contributed by atoms with van der Waals surface area (Å²) in [7, 11) is -2.36. The molecule has 1 saturated heterocycles. The molecule has 1 aromatic rings. The Morgan fingerprint density at radius 3 is 2.69 bits per heavy atom. The summed E-state index contributed by atoms with van der Waals surface area (Å²) in [5, 5.41) is 8.63. The van der Waals surface area contributed by atoms with Gasteiger partial charge in [-0.15, -0.1) is 0 Å². The lowest BCUT2D eigenvalue weighted by Gasteiger charge is -2.26. The molecule has 0 aliphatic carbocycles. The van der Waals surface area contributed by atoms with Gasteiger partial charge in [0.1, 0.15) is 16.7 Å². The van der Waals surface area contributed by atoms with E-state index in [-0.39, 0.29) is 23.7 Å². The molecule has 0 radical (unpaired) electrons. The smallest absolute Gasteiger partial charge is 0.332 e. The standard InChI is InChI=1S/C17H20N2O6S/c1-13(12-18)25-17(20)6-4-14-3-5-15(23-2)16(11-14)26(21,22)19-7-9-24-10-8-19/h3-6,11,13H,7-10H2,1-2H3/b6-4+. The molecule has 0 bridgehead atoms. The van der Waals surface area contributed by atoms with E-state index >= 15 is 0 Å². The van der Waals surface area contributed by atoms with Gasteiger partial charge in [0.25, 0.3) is 0 Å². The minimum atomic E-state index is -3.75. The first kappa shape index (κ1) is 19.9. The molecule has 0 spiro atoms. The third-order valence-electron chi connectivity index (χ3n) is 3.66. The van der Waals surface area contributed by atoms with E-state index in [2.05, 4.69) is 0 Å². The zero-order chi connectivity index (χ0) is 19.2. The number of morpholine rings is 1. The largest absolute Gasteiger partial charge is 0.495 e. The Hall–Kier alpha value is -2.41. The molecule has 2 rings (SSSR count). The lowest BCUT2D eigenvalue weighted by molar-refractivity contribution is -0.139. The number of sulfonamides is 1. The Bertz CT molecular complexity index is 822. The van der Waals surface area contributed by atoms with Crippen molar-refractivity contribution in [2.45, 2.75) is 17.9 Å². The molecule has 0 saturated carbocycles. The Morgan fingerprint density at radius 1 is 1.38 bits per heavy atom. The quantitative estimate of drug-likeness (QED) is 0.539. The van der Waals surface area contributed by atoms with Gasteiger partial charge in [-0.05, 0) is 30.7 Å². The molecular formula is C17H20N2O6S. The van der Waals surface area contributed by atoms with E-state index in [0.29, 0.717) is 18.8 Å². The minimum Gasteiger partial charge on any atom is -0.495 e. The summed E-state index contributed by atoms with van der Waals surface area (Å²) in [5.74, 6) is -0.471. The van der Waals surface area contributed by atoms with Gasteiger partial charge in [0.2, 0.25) is 10.0 Å². The fourth-order valence-corrected chi connectivity index (χ4v) is 3.93. The van der Waals surface area contributed by atoms with Crippen molar-refractivity contribution in [2.75, 3.05) is 33.4 Å². The van der Waals surface area contributed by atoms with Crippen LogP contribution in [-0.4, -0.2) is 58.2 Å². The number of ether oxygens (including phenoxy) is 3. The van der Waals surface area contributed by atoms with Crippen molar-refractivity contribution in [2.24, 2.45) is 0 Å². The van der Waals surface area contributed by atoms with Crippen LogP contribution in [-0.2, 0) is 24.3 Å². The Balaban J connectivity index is 2.28. The maximum atomic E-state index is 12.9. The molecule has 26 heavy (non-hydrogen) atoms. The maximum Gasteiger partial charge on any atom is 0.332 e. The molecule has 1 aliphatic heterocycles. The molecule has 0 amide bonds. The number of hydrogen-bond acceptors (Lipinski definition) is 7. The van der Waals surface area contributed by atoms with Crippen LogP contribution in [0.2, 0.25) is 0 Å². The third-order valence-corrected chi connectivity index (χ3v) is 5.58. The summed E-state index contributed by atoms with van der Waals surface area (Å²) in [6, 6.07) is 6.36. The monoisotopic (exact) mass is 380 g/mol. The van der Waals surface area contributed by atoms with Crippen LogP contribution in [0.5, 0.6) is 5.75 Å². The predicted octanol–water partition coefficient (Wildman–Crippen LogP) is 1.18. The Labute approximate surface area is 152 Å². The number of benzene rings is 1. The van der Waals surface area contributed by atoms with Gasteiger partial charge < -0.3 is 14.2 Å². The number of rotatable bonds is 6. The number of esters is 1. The molecule has 8 nitrogen and oxygen atoms in total. The van der Waals surface area contributed by atoms with Crippen LogP contribution in [0.25, 0.3) is 6.08 Å². The van der Waals surface area contributed by atoms with Crippen molar-refractivity contribution in [3.05, 3.63) is 29.8 Å². The number of carbonyl (C=O) groups excluding carboxylic acids is 1. The van der Waals surface area contributed by atoms with Crippen molar-refractivity contribution < 1.29 is 27.4 Å². The molecule has 1 heterocycles. The zero-order valence-electron chi connectivity index (χ0n) is 14.5. The van der Waals surface area contributed by atoms with Crippen molar-refractivity contribution in [1.82, 2.24) is 4.31 Å². The van der Waals surface area contributed by atoms with Gasteiger partial charge in [0.05, 0.1) is 20.3 Å². The molecule has 1 unspecified atom stereocenters. The average Bonchev–Trinajstić information content (AvgIpc) is 2.66. The van der Waals surface area contributed by atoms with Crippen molar-refractivity contribution in [1.29, 1.82) is 5.26 Å². The zero-order valence-corrected chi connectivity index (χ0v) is 15.4. The predicted molar refractivity (Wildman–Crippen MR) is 92.8 cm³/mol. The van der Waals surface area contributed by atoms with E-state index in [9.17, 15) is 13.2 Å². The molecule has 1 atom stereocenters. The third kappa shape index (κ3) is 4.82. The number of carbonyl (C=O) groups is 1. The normalized spacial score (nSPS) is 16.8. The fourth-order valence-electron chi connectivity index (χ4n) is 2.33. The second-order valence-electron chi connectivity index (χ2n) is 5.47. The second kappa shape index (κ2) is 8.80. The van der Waals surface area contributed by atoms with E-state index in [4.69, 9.17) is 19.5 Å². The highest BCUT2D eigenvalue weighted by molar-refractivity contribution is 7.89. The number of nitrogens with zero attached hydrogens (tertiary/aromatic N) is 2. The highest BCUT2D eigenvalue weighted by Crippen LogP contribution is 2.28. The van der Waals surface area contributed by atoms with Gasteiger partial charge in [-0.2, -0.15) is 9.57 Å². The minimum absolute atomic E-state index is 0.0165. The first-order valence-corrected chi connectivity index (χ1v) is 9.36.